The van der Waals surface area contributed by atoms with Crippen molar-refractivity contribution in [3.63, 3.8) is 0 Å². The molecule has 3 N–H and O–H groups in total. The highest BCUT2D eigenvalue weighted by Crippen LogP contribution is 2.09. The van der Waals surface area contributed by atoms with Crippen molar-refractivity contribution in [3.8, 4) is 0 Å². The van der Waals surface area contributed by atoms with Crippen molar-refractivity contribution in [1.82, 2.24) is 15.5 Å². The number of amides is 3. The van der Waals surface area contributed by atoms with E-state index in [4.69, 9.17) is 0 Å². The van der Waals surface area contributed by atoms with Crippen LogP contribution in [0.1, 0.15) is 24.2 Å². The highest BCUT2D eigenvalue weighted by Gasteiger charge is 2.05. The maximum atomic E-state index is 11.7. The summed E-state index contributed by atoms with van der Waals surface area (Å²) < 4.78 is 0. The molecule has 0 aliphatic carbocycles. The molecule has 0 heterocycles. The Hall–Kier alpha value is -2.08. The Labute approximate surface area is 125 Å². The molecule has 3 amide bonds. The van der Waals surface area contributed by atoms with Crippen molar-refractivity contribution in [2.24, 2.45) is 0 Å². The van der Waals surface area contributed by atoms with Gasteiger partial charge in [-0.3, -0.25) is 4.79 Å². The summed E-state index contributed by atoms with van der Waals surface area (Å²) in [5.74, 6) is -0.148. The summed E-state index contributed by atoms with van der Waals surface area (Å²) in [4.78, 5) is 25.4. The number of hydrogen-bond donors (Lipinski definition) is 3. The largest absolute Gasteiger partial charge is 0.355 e. The van der Waals surface area contributed by atoms with Crippen LogP contribution in [0.2, 0.25) is 0 Å². The van der Waals surface area contributed by atoms with Crippen LogP contribution in [0.15, 0.2) is 24.3 Å². The van der Waals surface area contributed by atoms with E-state index in [0.717, 1.165) is 19.6 Å². The monoisotopic (exact) mass is 292 g/mol. The first kappa shape index (κ1) is 17.0. The number of carbonyl (C=O) groups is 2. The van der Waals surface area contributed by atoms with Crippen LogP contribution in [0.4, 0.5) is 10.5 Å². The normalized spacial score (nSPS) is 10.3. The zero-order chi connectivity index (χ0) is 15.7. The lowest BCUT2D eigenvalue weighted by Crippen LogP contribution is -2.36. The zero-order valence-corrected chi connectivity index (χ0v) is 12.9. The lowest BCUT2D eigenvalue weighted by Gasteiger charge is -2.18. The summed E-state index contributed by atoms with van der Waals surface area (Å²) in [5, 5.41) is 8.09. The number of hydrogen-bond acceptors (Lipinski definition) is 3. The quantitative estimate of drug-likeness (QED) is 0.713. The Morgan fingerprint density at radius 2 is 1.71 bits per heavy atom. The van der Waals surface area contributed by atoms with Crippen LogP contribution in [0.3, 0.4) is 0 Å². The van der Waals surface area contributed by atoms with Crippen molar-refractivity contribution in [3.05, 3.63) is 29.8 Å². The van der Waals surface area contributed by atoms with E-state index in [1.54, 1.807) is 31.3 Å². The fraction of sp³-hybridized carbons (Fsp3) is 0.467. The summed E-state index contributed by atoms with van der Waals surface area (Å²) in [5.41, 5.74) is 1.22. The average Bonchev–Trinajstić information content (AvgIpc) is 2.51. The summed E-state index contributed by atoms with van der Waals surface area (Å²) >= 11 is 0. The highest BCUT2D eigenvalue weighted by atomic mass is 16.2. The molecule has 0 spiro atoms. The maximum Gasteiger partial charge on any atom is 0.319 e. The van der Waals surface area contributed by atoms with Gasteiger partial charge in [-0.25, -0.2) is 4.79 Å². The van der Waals surface area contributed by atoms with Crippen LogP contribution in [0.5, 0.6) is 0 Å². The molecule has 0 bridgehead atoms. The summed E-state index contributed by atoms with van der Waals surface area (Å²) in [7, 11) is 1.58. The fourth-order valence-electron chi connectivity index (χ4n) is 1.89. The van der Waals surface area contributed by atoms with Gasteiger partial charge in [0.25, 0.3) is 5.91 Å². The van der Waals surface area contributed by atoms with Crippen molar-refractivity contribution in [2.75, 3.05) is 38.5 Å². The molecular weight excluding hydrogens is 268 g/mol. The van der Waals surface area contributed by atoms with Crippen LogP contribution in [0, 0.1) is 0 Å². The van der Waals surface area contributed by atoms with Gasteiger partial charge >= 0.3 is 6.03 Å². The number of likely N-dealkylation sites (N-methyl/N-ethyl adjacent to an activating group) is 1. The molecule has 1 aromatic rings. The first-order chi connectivity index (χ1) is 10.1. The molecule has 0 fully saturated rings. The summed E-state index contributed by atoms with van der Waals surface area (Å²) in [6.07, 6.45) is 0. The van der Waals surface area contributed by atoms with Gasteiger partial charge in [-0.05, 0) is 37.4 Å². The number of benzene rings is 1. The second-order valence-electron chi connectivity index (χ2n) is 4.56. The summed E-state index contributed by atoms with van der Waals surface area (Å²) in [6, 6.07) is 6.51. The molecule has 116 valence electrons. The first-order valence-electron chi connectivity index (χ1n) is 7.20. The standard InChI is InChI=1S/C15H24N4O2/c1-4-19(5-2)11-10-17-15(21)18-13-8-6-12(7-9-13)14(20)16-3/h6-9H,4-5,10-11H2,1-3H3,(H,16,20)(H2,17,18,21). The highest BCUT2D eigenvalue weighted by molar-refractivity contribution is 5.95. The van der Waals surface area contributed by atoms with E-state index in [1.165, 1.54) is 0 Å². The van der Waals surface area contributed by atoms with E-state index in [0.29, 0.717) is 17.8 Å². The molecule has 0 saturated heterocycles. The van der Waals surface area contributed by atoms with Gasteiger partial charge in [-0.15, -0.1) is 0 Å². The molecule has 6 nitrogen and oxygen atoms in total. The van der Waals surface area contributed by atoms with Gasteiger partial charge in [0.05, 0.1) is 0 Å². The summed E-state index contributed by atoms with van der Waals surface area (Å²) in [6.45, 7) is 7.57. The van der Waals surface area contributed by atoms with E-state index in [-0.39, 0.29) is 11.9 Å². The third kappa shape index (κ3) is 5.83. The van der Waals surface area contributed by atoms with Crippen LogP contribution >= 0.6 is 0 Å². The van der Waals surface area contributed by atoms with E-state index in [2.05, 4.69) is 34.7 Å². The molecule has 21 heavy (non-hydrogen) atoms. The van der Waals surface area contributed by atoms with Crippen molar-refractivity contribution in [2.45, 2.75) is 13.8 Å². The van der Waals surface area contributed by atoms with Crippen molar-refractivity contribution >= 4 is 17.6 Å². The Morgan fingerprint density at radius 1 is 1.10 bits per heavy atom. The lowest BCUT2D eigenvalue weighted by molar-refractivity contribution is 0.0963. The van der Waals surface area contributed by atoms with E-state index < -0.39 is 0 Å². The molecule has 1 aromatic carbocycles. The molecule has 0 unspecified atom stereocenters. The number of nitrogens with zero attached hydrogens (tertiary/aromatic N) is 1. The third-order valence-corrected chi connectivity index (χ3v) is 3.24. The van der Waals surface area contributed by atoms with Gasteiger partial charge in [0.1, 0.15) is 0 Å². The molecule has 0 aromatic heterocycles. The number of carbonyl (C=O) groups excluding carboxylic acids is 2. The van der Waals surface area contributed by atoms with E-state index in [9.17, 15) is 9.59 Å². The van der Waals surface area contributed by atoms with Gasteiger partial charge in [-0.2, -0.15) is 0 Å². The molecule has 0 atom stereocenters. The van der Waals surface area contributed by atoms with Crippen LogP contribution in [-0.2, 0) is 0 Å². The Bertz CT molecular complexity index is 455. The van der Waals surface area contributed by atoms with Crippen LogP contribution in [0.25, 0.3) is 0 Å². The predicted octanol–water partition coefficient (Wildman–Crippen LogP) is 1.51. The van der Waals surface area contributed by atoms with Crippen LogP contribution < -0.4 is 16.0 Å². The Kier molecular flexibility index (Phi) is 7.25. The van der Waals surface area contributed by atoms with Gasteiger partial charge in [0.2, 0.25) is 0 Å². The topological polar surface area (TPSA) is 73.5 Å². The SMILES string of the molecule is CCN(CC)CCNC(=O)Nc1ccc(C(=O)NC)cc1. The minimum absolute atomic E-state index is 0.148. The van der Waals surface area contributed by atoms with Gasteiger partial charge < -0.3 is 20.9 Å². The average molecular weight is 292 g/mol. The molecule has 0 radical (unpaired) electrons. The fourth-order valence-corrected chi connectivity index (χ4v) is 1.89. The molecule has 1 rings (SSSR count). The third-order valence-electron chi connectivity index (χ3n) is 3.24. The zero-order valence-electron chi connectivity index (χ0n) is 12.9. The first-order valence-corrected chi connectivity index (χ1v) is 7.20. The van der Waals surface area contributed by atoms with E-state index >= 15 is 0 Å². The second-order valence-corrected chi connectivity index (χ2v) is 4.56. The number of nitrogens with one attached hydrogen (secondary N) is 3. The molecule has 0 saturated carbocycles. The van der Waals surface area contributed by atoms with Crippen molar-refractivity contribution in [1.29, 1.82) is 0 Å². The van der Waals surface area contributed by atoms with Crippen molar-refractivity contribution < 1.29 is 9.59 Å². The van der Waals surface area contributed by atoms with Crippen LogP contribution in [-0.4, -0.2) is 50.1 Å². The number of urea groups is 1. The Morgan fingerprint density at radius 3 is 2.24 bits per heavy atom. The smallest absolute Gasteiger partial charge is 0.319 e. The second kappa shape index (κ2) is 8.97. The van der Waals surface area contributed by atoms with Gasteiger partial charge in [-0.1, -0.05) is 13.8 Å². The van der Waals surface area contributed by atoms with E-state index in [1.807, 2.05) is 0 Å². The number of anilines is 1. The van der Waals surface area contributed by atoms with Gasteiger partial charge in [0, 0.05) is 31.4 Å². The lowest BCUT2D eigenvalue weighted by atomic mass is 10.2. The predicted molar refractivity (Wildman–Crippen MR) is 84.6 cm³/mol. The number of rotatable bonds is 7. The minimum atomic E-state index is -0.241. The maximum absolute atomic E-state index is 11.7. The molecule has 0 aliphatic rings. The Balaban J connectivity index is 2.39. The minimum Gasteiger partial charge on any atom is -0.355 e. The molecule has 6 heteroatoms. The van der Waals surface area contributed by atoms with Gasteiger partial charge in [0.15, 0.2) is 0 Å². The molecular formula is C15H24N4O2. The molecule has 0 aliphatic heterocycles.